The molecule has 2 unspecified atom stereocenters. The standard InChI is InChI=1S/C20H19ClNO4PS/c1-4-22(16-7-5-6-8-17(16)26-2)20(23)19(27(3,24)25)15-12-28-18-10-9-13(21)11-14(15)18/h4-12,19H,1H2,2-3H3,(H,24,25). The van der Waals surface area contributed by atoms with Gasteiger partial charge in [0, 0.05) is 22.6 Å². The van der Waals surface area contributed by atoms with Crippen LogP contribution in [-0.4, -0.2) is 24.6 Å². The number of para-hydroxylation sites is 2. The first kappa shape index (κ1) is 20.6. The molecule has 3 rings (SSSR count). The molecule has 28 heavy (non-hydrogen) atoms. The zero-order chi connectivity index (χ0) is 20.5. The average Bonchev–Trinajstić information content (AvgIpc) is 3.04. The summed E-state index contributed by atoms with van der Waals surface area (Å²) in [6, 6.07) is 12.2. The monoisotopic (exact) mass is 435 g/mol. The van der Waals surface area contributed by atoms with Crippen molar-refractivity contribution in [3.8, 4) is 5.75 Å². The summed E-state index contributed by atoms with van der Waals surface area (Å²) >= 11 is 7.51. The van der Waals surface area contributed by atoms with Crippen molar-refractivity contribution in [1.82, 2.24) is 0 Å². The maximum absolute atomic E-state index is 13.5. The van der Waals surface area contributed by atoms with E-state index in [1.54, 1.807) is 41.8 Å². The lowest BCUT2D eigenvalue weighted by molar-refractivity contribution is -0.117. The van der Waals surface area contributed by atoms with Gasteiger partial charge < -0.3 is 9.63 Å². The van der Waals surface area contributed by atoms with Gasteiger partial charge >= 0.3 is 0 Å². The largest absolute Gasteiger partial charge is 0.495 e. The lowest BCUT2D eigenvalue weighted by Gasteiger charge is -2.27. The second-order valence-electron chi connectivity index (χ2n) is 6.24. The van der Waals surface area contributed by atoms with E-state index < -0.39 is 18.9 Å². The summed E-state index contributed by atoms with van der Waals surface area (Å²) in [5.74, 6) is -0.107. The highest BCUT2D eigenvalue weighted by atomic mass is 35.5. The number of halogens is 1. The molecule has 0 bridgehead atoms. The SMILES string of the molecule is C=CN(C(=O)C(c1csc2ccc(Cl)cc12)P(C)(=O)O)c1ccccc1OC. The minimum atomic E-state index is -3.87. The number of ether oxygens (including phenoxy) is 1. The van der Waals surface area contributed by atoms with Gasteiger partial charge in [0.2, 0.25) is 13.3 Å². The average molecular weight is 436 g/mol. The van der Waals surface area contributed by atoms with Gasteiger partial charge in [-0.1, -0.05) is 30.3 Å². The molecule has 0 fully saturated rings. The fraction of sp³-hybridized carbons (Fsp3) is 0.150. The van der Waals surface area contributed by atoms with Crippen molar-refractivity contribution < 1.29 is 19.0 Å². The van der Waals surface area contributed by atoms with E-state index in [9.17, 15) is 14.3 Å². The van der Waals surface area contributed by atoms with Crippen molar-refractivity contribution in [3.63, 3.8) is 0 Å². The minimum absolute atomic E-state index is 0.445. The fourth-order valence-corrected chi connectivity index (χ4v) is 5.60. The lowest BCUT2D eigenvalue weighted by Crippen LogP contribution is -2.31. The van der Waals surface area contributed by atoms with Crippen LogP contribution in [0.1, 0.15) is 11.2 Å². The van der Waals surface area contributed by atoms with Crippen LogP contribution in [-0.2, 0) is 9.36 Å². The van der Waals surface area contributed by atoms with E-state index in [0.29, 0.717) is 27.4 Å². The Labute approximate surface area is 172 Å². The van der Waals surface area contributed by atoms with Gasteiger partial charge in [-0.25, -0.2) is 0 Å². The first-order valence-corrected chi connectivity index (χ1v) is 11.8. The van der Waals surface area contributed by atoms with Crippen LogP contribution in [0.2, 0.25) is 5.02 Å². The van der Waals surface area contributed by atoms with E-state index in [1.165, 1.54) is 36.2 Å². The molecule has 5 nitrogen and oxygen atoms in total. The third-order valence-electron chi connectivity index (χ3n) is 4.34. The molecule has 146 valence electrons. The van der Waals surface area contributed by atoms with Crippen molar-refractivity contribution in [2.45, 2.75) is 5.66 Å². The molecule has 2 aromatic carbocycles. The third-order valence-corrected chi connectivity index (χ3v) is 7.01. The van der Waals surface area contributed by atoms with E-state index in [2.05, 4.69) is 6.58 Å². The molecule has 0 saturated carbocycles. The predicted octanol–water partition coefficient (Wildman–Crippen LogP) is 5.68. The second kappa shape index (κ2) is 8.10. The first-order chi connectivity index (χ1) is 13.3. The van der Waals surface area contributed by atoms with Crippen molar-refractivity contribution >= 4 is 52.0 Å². The molecule has 1 N–H and O–H groups in total. The topological polar surface area (TPSA) is 66.8 Å². The molecule has 2 atom stereocenters. The van der Waals surface area contributed by atoms with Crippen LogP contribution in [0.5, 0.6) is 5.75 Å². The summed E-state index contributed by atoms with van der Waals surface area (Å²) < 4.78 is 19.0. The summed E-state index contributed by atoms with van der Waals surface area (Å²) in [6.45, 7) is 4.90. The Morgan fingerprint density at radius 3 is 2.71 bits per heavy atom. The van der Waals surface area contributed by atoms with Crippen LogP contribution in [0.4, 0.5) is 5.69 Å². The van der Waals surface area contributed by atoms with Gasteiger partial charge in [0.25, 0.3) is 0 Å². The highest BCUT2D eigenvalue weighted by Crippen LogP contribution is 2.56. The van der Waals surface area contributed by atoms with E-state index in [-0.39, 0.29) is 0 Å². The number of carbonyl (C=O) groups excluding carboxylic acids is 1. The molecule has 1 heterocycles. The Hall–Kier alpha value is -2.11. The van der Waals surface area contributed by atoms with E-state index in [4.69, 9.17) is 16.3 Å². The van der Waals surface area contributed by atoms with E-state index in [1.807, 2.05) is 6.07 Å². The Bertz CT molecular complexity index is 1090. The highest BCUT2D eigenvalue weighted by molar-refractivity contribution is 7.58. The van der Waals surface area contributed by atoms with Crippen molar-refractivity contribution in [2.75, 3.05) is 18.7 Å². The van der Waals surface area contributed by atoms with Gasteiger partial charge in [0.15, 0.2) is 0 Å². The zero-order valence-corrected chi connectivity index (χ0v) is 17.8. The molecular formula is C20H19ClNO4PS. The van der Waals surface area contributed by atoms with Gasteiger partial charge in [0.05, 0.1) is 12.8 Å². The number of carbonyl (C=O) groups is 1. The Morgan fingerprint density at radius 2 is 2.07 bits per heavy atom. The van der Waals surface area contributed by atoms with E-state index in [0.717, 1.165) is 4.70 Å². The van der Waals surface area contributed by atoms with Crippen molar-refractivity contribution in [2.24, 2.45) is 0 Å². The number of hydrogen-bond donors (Lipinski definition) is 1. The number of methoxy groups -OCH3 is 1. The fourth-order valence-electron chi connectivity index (χ4n) is 3.10. The van der Waals surface area contributed by atoms with Crippen LogP contribution >= 0.6 is 30.3 Å². The van der Waals surface area contributed by atoms with Gasteiger partial charge in [-0.15, -0.1) is 11.3 Å². The first-order valence-electron chi connectivity index (χ1n) is 8.33. The second-order valence-corrected chi connectivity index (χ2v) is 9.99. The maximum atomic E-state index is 13.5. The van der Waals surface area contributed by atoms with Crippen LogP contribution in [0.15, 0.2) is 60.6 Å². The highest BCUT2D eigenvalue weighted by Gasteiger charge is 2.39. The molecule has 3 aromatic rings. The number of fused-ring (bicyclic) bond motifs is 1. The molecule has 1 amide bonds. The van der Waals surface area contributed by atoms with Crippen LogP contribution in [0.3, 0.4) is 0 Å². The molecular weight excluding hydrogens is 417 g/mol. The van der Waals surface area contributed by atoms with Crippen LogP contribution in [0.25, 0.3) is 10.1 Å². The molecule has 0 spiro atoms. The zero-order valence-electron chi connectivity index (χ0n) is 15.3. The Balaban J connectivity index is 2.16. The number of anilines is 1. The quantitative estimate of drug-likeness (QED) is 0.506. The molecule has 0 radical (unpaired) electrons. The van der Waals surface area contributed by atoms with Gasteiger partial charge in [0.1, 0.15) is 11.4 Å². The molecule has 0 aliphatic rings. The van der Waals surface area contributed by atoms with Gasteiger partial charge in [-0.05, 0) is 46.7 Å². The Morgan fingerprint density at radius 1 is 1.36 bits per heavy atom. The van der Waals surface area contributed by atoms with Crippen LogP contribution < -0.4 is 9.64 Å². The number of benzene rings is 2. The minimum Gasteiger partial charge on any atom is -0.495 e. The van der Waals surface area contributed by atoms with Crippen LogP contribution in [0, 0.1) is 0 Å². The smallest absolute Gasteiger partial charge is 0.248 e. The summed E-state index contributed by atoms with van der Waals surface area (Å²) in [5.41, 5.74) is -0.341. The summed E-state index contributed by atoms with van der Waals surface area (Å²) in [4.78, 5) is 25.2. The number of hydrogen-bond acceptors (Lipinski definition) is 4. The number of rotatable bonds is 6. The number of nitrogens with zero attached hydrogens (tertiary/aromatic N) is 1. The van der Waals surface area contributed by atoms with Crippen molar-refractivity contribution in [3.05, 3.63) is 71.2 Å². The van der Waals surface area contributed by atoms with Gasteiger partial charge in [-0.3, -0.25) is 14.3 Å². The molecule has 1 aromatic heterocycles. The Kier molecular flexibility index (Phi) is 5.96. The summed E-state index contributed by atoms with van der Waals surface area (Å²) in [6.07, 6.45) is 1.32. The summed E-state index contributed by atoms with van der Waals surface area (Å²) in [5, 5.41) is 2.92. The lowest BCUT2D eigenvalue weighted by atomic mass is 10.1. The normalized spacial score (nSPS) is 14.3. The third kappa shape index (κ3) is 3.87. The van der Waals surface area contributed by atoms with Gasteiger partial charge in [-0.2, -0.15) is 0 Å². The van der Waals surface area contributed by atoms with Crippen molar-refractivity contribution in [1.29, 1.82) is 0 Å². The molecule has 0 aliphatic carbocycles. The number of thiophene rings is 1. The molecule has 8 heteroatoms. The number of amides is 1. The predicted molar refractivity (Wildman–Crippen MR) is 116 cm³/mol. The maximum Gasteiger partial charge on any atom is 0.248 e. The van der Waals surface area contributed by atoms with E-state index >= 15 is 0 Å². The summed E-state index contributed by atoms with van der Waals surface area (Å²) in [7, 11) is -2.37. The molecule has 0 aliphatic heterocycles. The molecule has 0 saturated heterocycles.